The first kappa shape index (κ1) is 8.41. The van der Waals surface area contributed by atoms with E-state index < -0.39 is 0 Å². The van der Waals surface area contributed by atoms with E-state index in [1.54, 1.807) is 0 Å². The van der Waals surface area contributed by atoms with E-state index in [1.165, 1.54) is 0 Å². The highest BCUT2D eigenvalue weighted by Crippen LogP contribution is 2.30. The van der Waals surface area contributed by atoms with Crippen molar-refractivity contribution in [2.45, 2.75) is 6.92 Å². The Morgan fingerprint density at radius 1 is 1.46 bits per heavy atom. The summed E-state index contributed by atoms with van der Waals surface area (Å²) in [5.74, 6) is 6.23. The Bertz CT molecular complexity index is 447. The number of aromatic nitrogens is 1. The second-order valence-electron chi connectivity index (χ2n) is 2.89. The SMILES string of the molecule is Cc1c(Cl)c2ccccn2c1NN. The van der Waals surface area contributed by atoms with Crippen LogP contribution in [-0.4, -0.2) is 4.40 Å². The van der Waals surface area contributed by atoms with Gasteiger partial charge >= 0.3 is 0 Å². The van der Waals surface area contributed by atoms with Gasteiger partial charge in [-0.05, 0) is 19.1 Å². The molecule has 2 aromatic rings. The van der Waals surface area contributed by atoms with E-state index in [0.29, 0.717) is 0 Å². The van der Waals surface area contributed by atoms with Crippen LogP contribution >= 0.6 is 11.6 Å². The minimum atomic E-state index is 0.744. The number of nitrogens with two attached hydrogens (primary N) is 1. The Morgan fingerprint density at radius 2 is 2.23 bits per heavy atom. The molecule has 0 saturated heterocycles. The zero-order chi connectivity index (χ0) is 9.42. The number of pyridine rings is 1. The van der Waals surface area contributed by atoms with Gasteiger partial charge in [-0.25, -0.2) is 5.84 Å². The fourth-order valence-electron chi connectivity index (χ4n) is 1.47. The molecule has 0 unspecified atom stereocenters. The van der Waals surface area contributed by atoms with Gasteiger partial charge in [0.25, 0.3) is 0 Å². The normalized spacial score (nSPS) is 10.7. The lowest BCUT2D eigenvalue weighted by Crippen LogP contribution is -2.09. The zero-order valence-electron chi connectivity index (χ0n) is 7.21. The van der Waals surface area contributed by atoms with Gasteiger partial charge in [0.15, 0.2) is 0 Å². The van der Waals surface area contributed by atoms with E-state index >= 15 is 0 Å². The molecule has 3 nitrogen and oxygen atoms in total. The molecule has 0 atom stereocenters. The van der Waals surface area contributed by atoms with Crippen LogP contribution in [0.2, 0.25) is 5.02 Å². The van der Waals surface area contributed by atoms with Crippen molar-refractivity contribution in [3.05, 3.63) is 35.0 Å². The molecule has 0 aliphatic rings. The highest BCUT2D eigenvalue weighted by molar-refractivity contribution is 6.35. The van der Waals surface area contributed by atoms with Crippen molar-refractivity contribution < 1.29 is 0 Å². The van der Waals surface area contributed by atoms with Gasteiger partial charge < -0.3 is 9.83 Å². The number of nitrogen functional groups attached to an aromatic ring is 1. The summed E-state index contributed by atoms with van der Waals surface area (Å²) in [5, 5.41) is 0.744. The molecule has 0 amide bonds. The first-order valence-electron chi connectivity index (χ1n) is 3.97. The van der Waals surface area contributed by atoms with Crippen LogP contribution in [0.15, 0.2) is 24.4 Å². The maximum Gasteiger partial charge on any atom is 0.129 e. The minimum absolute atomic E-state index is 0.744. The highest BCUT2D eigenvalue weighted by Gasteiger charge is 2.10. The molecule has 0 radical (unpaired) electrons. The Morgan fingerprint density at radius 3 is 2.92 bits per heavy atom. The van der Waals surface area contributed by atoms with Crippen LogP contribution in [0.5, 0.6) is 0 Å². The Kier molecular flexibility index (Phi) is 1.90. The summed E-state index contributed by atoms with van der Waals surface area (Å²) in [6.07, 6.45) is 1.92. The molecule has 4 heteroatoms. The third-order valence-electron chi connectivity index (χ3n) is 2.15. The van der Waals surface area contributed by atoms with E-state index in [1.807, 2.05) is 35.7 Å². The van der Waals surface area contributed by atoms with Gasteiger partial charge in [0, 0.05) is 11.8 Å². The second kappa shape index (κ2) is 2.94. The molecule has 68 valence electrons. The molecule has 3 N–H and O–H groups in total. The number of hydrazine groups is 1. The predicted octanol–water partition coefficient (Wildman–Crippen LogP) is 2.19. The molecule has 2 heterocycles. The molecule has 13 heavy (non-hydrogen) atoms. The maximum atomic E-state index is 6.11. The summed E-state index contributed by atoms with van der Waals surface area (Å²) in [4.78, 5) is 0. The van der Waals surface area contributed by atoms with Gasteiger partial charge in [0.05, 0.1) is 10.5 Å². The number of hydrogen-bond acceptors (Lipinski definition) is 2. The van der Waals surface area contributed by atoms with Crippen molar-refractivity contribution in [3.63, 3.8) is 0 Å². The summed E-state index contributed by atoms with van der Waals surface area (Å²) in [7, 11) is 0. The lowest BCUT2D eigenvalue weighted by Gasteiger charge is -2.00. The van der Waals surface area contributed by atoms with Crippen molar-refractivity contribution in [3.8, 4) is 0 Å². The summed E-state index contributed by atoms with van der Waals surface area (Å²) in [5.41, 5.74) is 4.57. The molecule has 0 aliphatic heterocycles. The summed E-state index contributed by atoms with van der Waals surface area (Å²) < 4.78 is 1.93. The van der Waals surface area contributed by atoms with Crippen LogP contribution in [0.1, 0.15) is 5.56 Å². The molecule has 0 fully saturated rings. The van der Waals surface area contributed by atoms with E-state index in [4.69, 9.17) is 17.4 Å². The van der Waals surface area contributed by atoms with E-state index in [0.717, 1.165) is 21.9 Å². The summed E-state index contributed by atoms with van der Waals surface area (Å²) >= 11 is 6.11. The molecule has 0 aliphatic carbocycles. The lowest BCUT2D eigenvalue weighted by molar-refractivity contribution is 1.14. The molecule has 0 saturated carbocycles. The second-order valence-corrected chi connectivity index (χ2v) is 3.27. The van der Waals surface area contributed by atoms with Crippen molar-refractivity contribution in [2.24, 2.45) is 5.84 Å². The van der Waals surface area contributed by atoms with Gasteiger partial charge in [-0.15, -0.1) is 0 Å². The predicted molar refractivity (Wildman–Crippen MR) is 55.0 cm³/mol. The number of rotatable bonds is 1. The fraction of sp³-hybridized carbons (Fsp3) is 0.111. The number of fused-ring (bicyclic) bond motifs is 1. The molecular weight excluding hydrogens is 186 g/mol. The number of nitrogens with one attached hydrogen (secondary N) is 1. The van der Waals surface area contributed by atoms with Gasteiger partial charge in [-0.2, -0.15) is 0 Å². The molecule has 0 aromatic carbocycles. The van der Waals surface area contributed by atoms with Crippen molar-refractivity contribution in [1.29, 1.82) is 0 Å². The first-order valence-corrected chi connectivity index (χ1v) is 4.35. The third kappa shape index (κ3) is 1.08. The average molecular weight is 196 g/mol. The van der Waals surface area contributed by atoms with Crippen LogP contribution < -0.4 is 11.3 Å². The van der Waals surface area contributed by atoms with Crippen molar-refractivity contribution in [1.82, 2.24) is 4.40 Å². The molecule has 2 rings (SSSR count). The Labute approximate surface area is 81.1 Å². The zero-order valence-corrected chi connectivity index (χ0v) is 7.97. The van der Waals surface area contributed by atoms with Crippen LogP contribution in [0, 0.1) is 6.92 Å². The third-order valence-corrected chi connectivity index (χ3v) is 2.62. The minimum Gasteiger partial charge on any atom is -0.309 e. The fourth-order valence-corrected chi connectivity index (χ4v) is 1.72. The lowest BCUT2D eigenvalue weighted by atomic mass is 10.3. The highest BCUT2D eigenvalue weighted by atomic mass is 35.5. The van der Waals surface area contributed by atoms with E-state index in [-0.39, 0.29) is 0 Å². The van der Waals surface area contributed by atoms with E-state index in [2.05, 4.69) is 5.43 Å². The van der Waals surface area contributed by atoms with Crippen molar-refractivity contribution >= 4 is 22.9 Å². The van der Waals surface area contributed by atoms with Gasteiger partial charge in [0.2, 0.25) is 0 Å². The topological polar surface area (TPSA) is 42.5 Å². The monoisotopic (exact) mass is 195 g/mol. The summed E-state index contributed by atoms with van der Waals surface area (Å²) in [6.45, 7) is 1.94. The largest absolute Gasteiger partial charge is 0.309 e. The molecular formula is C9H10ClN3. The Balaban J connectivity index is 2.90. The number of halogens is 1. The molecule has 2 aromatic heterocycles. The van der Waals surface area contributed by atoms with Gasteiger partial charge in [-0.1, -0.05) is 17.7 Å². The summed E-state index contributed by atoms with van der Waals surface area (Å²) in [6, 6.07) is 5.83. The number of anilines is 1. The molecule has 0 spiro atoms. The van der Waals surface area contributed by atoms with Gasteiger partial charge in [0.1, 0.15) is 5.82 Å². The van der Waals surface area contributed by atoms with Crippen molar-refractivity contribution in [2.75, 3.05) is 5.43 Å². The van der Waals surface area contributed by atoms with E-state index in [9.17, 15) is 0 Å². The maximum absolute atomic E-state index is 6.11. The van der Waals surface area contributed by atoms with Crippen LogP contribution in [0.3, 0.4) is 0 Å². The number of nitrogens with zero attached hydrogens (tertiary/aromatic N) is 1. The quantitative estimate of drug-likeness (QED) is 0.541. The first-order chi connectivity index (χ1) is 6.25. The van der Waals surface area contributed by atoms with Crippen LogP contribution in [0.4, 0.5) is 5.82 Å². The number of hydrogen-bond donors (Lipinski definition) is 2. The molecule has 0 bridgehead atoms. The van der Waals surface area contributed by atoms with Crippen LogP contribution in [-0.2, 0) is 0 Å². The average Bonchev–Trinajstić information content (AvgIpc) is 2.41. The van der Waals surface area contributed by atoms with Crippen LogP contribution in [0.25, 0.3) is 5.52 Å². The standard InChI is InChI=1S/C9H10ClN3/c1-6-8(10)7-4-2-3-5-13(7)9(6)12-11/h2-5,12H,11H2,1H3. The smallest absolute Gasteiger partial charge is 0.129 e. The Hall–Kier alpha value is -1.19. The van der Waals surface area contributed by atoms with Gasteiger partial charge in [-0.3, -0.25) is 0 Å².